The van der Waals surface area contributed by atoms with E-state index in [1.165, 1.54) is 37.8 Å². The highest BCUT2D eigenvalue weighted by Gasteiger charge is 2.29. The molecule has 0 N–H and O–H groups in total. The maximum absolute atomic E-state index is 5.78. The number of ether oxygens (including phenoxy) is 4. The Balaban J connectivity index is 3.83. The van der Waals surface area contributed by atoms with Crippen molar-refractivity contribution in [2.24, 2.45) is 0 Å². The van der Waals surface area contributed by atoms with Crippen LogP contribution in [0.5, 0.6) is 0 Å². The highest BCUT2D eigenvalue weighted by Crippen LogP contribution is 2.44. The van der Waals surface area contributed by atoms with Crippen LogP contribution in [0.4, 0.5) is 0 Å². The van der Waals surface area contributed by atoms with Crippen molar-refractivity contribution >= 4 is 60.3 Å². The summed E-state index contributed by atoms with van der Waals surface area (Å²) in [5.41, 5.74) is -0.504. The van der Waals surface area contributed by atoms with E-state index in [2.05, 4.69) is 13.8 Å². The van der Waals surface area contributed by atoms with Crippen LogP contribution in [0, 0.1) is 0 Å². The molecule has 30 heavy (non-hydrogen) atoms. The van der Waals surface area contributed by atoms with Gasteiger partial charge in [-0.1, -0.05) is 73.2 Å². The molecule has 4 nitrogen and oxygen atoms in total. The SMILES string of the molecule is CCCC[SiH2]C(CCCSSSSCCCC(OC)(OC)[SiH2]CCCC)(OC)OC. The van der Waals surface area contributed by atoms with E-state index in [1.54, 1.807) is 0 Å². The minimum absolute atomic E-state index is 0.252. The monoisotopic (exact) mass is 534 g/mol. The van der Waals surface area contributed by atoms with Gasteiger partial charge in [-0.25, -0.2) is 0 Å². The Labute approximate surface area is 206 Å². The molecule has 0 aromatic heterocycles. The molecule has 0 amide bonds. The molecule has 0 aliphatic carbocycles. The minimum Gasteiger partial charge on any atom is -0.358 e. The first kappa shape index (κ1) is 31.7. The average Bonchev–Trinajstić information content (AvgIpc) is 2.78. The number of methoxy groups -OCH3 is 4. The molecule has 0 saturated heterocycles. The summed E-state index contributed by atoms with van der Waals surface area (Å²) in [6.07, 6.45) is 9.48. The third-order valence-electron chi connectivity index (χ3n) is 5.51. The Kier molecular flexibility index (Phi) is 22.4. The molecule has 0 saturated carbocycles. The average molecular weight is 535 g/mol. The van der Waals surface area contributed by atoms with Gasteiger partial charge < -0.3 is 18.9 Å². The summed E-state index contributed by atoms with van der Waals surface area (Å²) in [6.45, 7) is 4.50. The molecule has 10 heteroatoms. The topological polar surface area (TPSA) is 36.9 Å². The van der Waals surface area contributed by atoms with Gasteiger partial charge in [0.2, 0.25) is 0 Å². The van der Waals surface area contributed by atoms with Crippen LogP contribution in [-0.4, -0.2) is 69.8 Å². The second kappa shape index (κ2) is 21.2. The summed E-state index contributed by atoms with van der Waals surface area (Å²) < 4.78 is 23.1. The molecule has 0 radical (unpaired) electrons. The van der Waals surface area contributed by atoms with E-state index in [9.17, 15) is 0 Å². The van der Waals surface area contributed by atoms with E-state index in [0.29, 0.717) is 0 Å². The zero-order valence-corrected chi connectivity index (χ0v) is 26.3. The molecule has 0 aliphatic heterocycles. The van der Waals surface area contributed by atoms with Crippen molar-refractivity contribution in [3.05, 3.63) is 0 Å². The van der Waals surface area contributed by atoms with Crippen molar-refractivity contribution in [1.29, 1.82) is 0 Å². The third-order valence-corrected chi connectivity index (χ3v) is 17.2. The molecule has 0 bridgehead atoms. The maximum atomic E-state index is 5.78. The molecule has 0 aromatic rings. The molecule has 0 rings (SSSR count). The Morgan fingerprint density at radius 3 is 1.27 bits per heavy atom. The lowest BCUT2D eigenvalue weighted by atomic mass is 10.3. The second-order valence-corrected chi connectivity index (χ2v) is 18.3. The number of unbranched alkanes of at least 4 members (excludes halogenated alkanes) is 2. The molecule has 182 valence electrons. The standard InChI is InChI=1S/C20H46O4S4Si2/c1-7-9-17-29-19(21-3,22-4)13-11-15-25-27-28-26-16-12-14-20(23-5,24-6)30-18-10-8-2/h7-18,29-30H2,1-6H3. The van der Waals surface area contributed by atoms with Gasteiger partial charge in [0.15, 0.2) is 0 Å². The van der Waals surface area contributed by atoms with E-state index in [0.717, 1.165) is 37.2 Å². The lowest BCUT2D eigenvalue weighted by Gasteiger charge is -2.31. The lowest BCUT2D eigenvalue weighted by Crippen LogP contribution is -2.40. The van der Waals surface area contributed by atoms with Crippen LogP contribution in [0.1, 0.15) is 65.2 Å². The van der Waals surface area contributed by atoms with Crippen LogP contribution >= 0.6 is 41.2 Å². The van der Waals surface area contributed by atoms with Gasteiger partial charge in [0.05, 0.1) is 19.0 Å². The first-order valence-corrected chi connectivity index (χ1v) is 19.9. The quantitative estimate of drug-likeness (QED) is 0.0695. The second-order valence-electron chi connectivity index (χ2n) is 7.54. The number of hydrogen-bond donors (Lipinski definition) is 0. The predicted molar refractivity (Wildman–Crippen MR) is 149 cm³/mol. The Morgan fingerprint density at radius 1 is 0.600 bits per heavy atom. The zero-order chi connectivity index (χ0) is 22.6. The van der Waals surface area contributed by atoms with Crippen LogP contribution in [0.25, 0.3) is 0 Å². The summed E-state index contributed by atoms with van der Waals surface area (Å²) >= 11 is 0. The van der Waals surface area contributed by atoms with Crippen molar-refractivity contribution in [1.82, 2.24) is 0 Å². The normalized spacial score (nSPS) is 13.4. The van der Waals surface area contributed by atoms with Crippen LogP contribution in [0.15, 0.2) is 0 Å². The van der Waals surface area contributed by atoms with Crippen LogP contribution < -0.4 is 0 Å². The van der Waals surface area contributed by atoms with Crippen molar-refractivity contribution in [3.8, 4) is 0 Å². The van der Waals surface area contributed by atoms with Crippen molar-refractivity contribution < 1.29 is 18.9 Å². The Morgan fingerprint density at radius 2 is 0.967 bits per heavy atom. The van der Waals surface area contributed by atoms with Crippen LogP contribution in [0.2, 0.25) is 12.1 Å². The van der Waals surface area contributed by atoms with Gasteiger partial charge in [-0.3, -0.25) is 0 Å². The Bertz CT molecular complexity index is 343. The van der Waals surface area contributed by atoms with E-state index in [-0.39, 0.29) is 29.9 Å². The molecule has 0 fully saturated rings. The van der Waals surface area contributed by atoms with E-state index in [4.69, 9.17) is 18.9 Å². The fourth-order valence-electron chi connectivity index (χ4n) is 3.43. The van der Waals surface area contributed by atoms with E-state index in [1.807, 2.05) is 69.7 Å². The van der Waals surface area contributed by atoms with Gasteiger partial charge in [0.25, 0.3) is 0 Å². The molecular weight excluding hydrogens is 489 g/mol. The molecule has 0 aromatic carbocycles. The van der Waals surface area contributed by atoms with Crippen molar-refractivity contribution in [2.45, 2.75) is 88.1 Å². The molecule has 0 aliphatic rings. The van der Waals surface area contributed by atoms with Gasteiger partial charge in [0, 0.05) is 39.9 Å². The maximum Gasteiger partial charge on any atom is 0.144 e. The molecule has 0 spiro atoms. The fraction of sp³-hybridized carbons (Fsp3) is 1.00. The molecule has 0 heterocycles. The number of rotatable bonds is 23. The highest BCUT2D eigenvalue weighted by molar-refractivity contribution is 9.26. The van der Waals surface area contributed by atoms with Gasteiger partial charge in [0.1, 0.15) is 10.8 Å². The summed E-state index contributed by atoms with van der Waals surface area (Å²) in [5, 5.41) is 0. The lowest BCUT2D eigenvalue weighted by molar-refractivity contribution is -0.149. The summed E-state index contributed by atoms with van der Waals surface area (Å²) in [5.74, 6) is 2.29. The smallest absolute Gasteiger partial charge is 0.144 e. The summed E-state index contributed by atoms with van der Waals surface area (Å²) in [6, 6.07) is 2.61. The fourth-order valence-corrected chi connectivity index (χ4v) is 14.0. The Hall–Kier alpha value is 1.67. The first-order chi connectivity index (χ1) is 14.6. The van der Waals surface area contributed by atoms with E-state index >= 15 is 0 Å². The van der Waals surface area contributed by atoms with Gasteiger partial charge in [-0.15, -0.1) is 0 Å². The van der Waals surface area contributed by atoms with Gasteiger partial charge in [-0.2, -0.15) is 0 Å². The summed E-state index contributed by atoms with van der Waals surface area (Å²) in [7, 11) is 14.2. The van der Waals surface area contributed by atoms with E-state index < -0.39 is 0 Å². The minimum atomic E-state index is -0.357. The first-order valence-electron chi connectivity index (χ1n) is 11.4. The highest BCUT2D eigenvalue weighted by atomic mass is 33.7. The van der Waals surface area contributed by atoms with Gasteiger partial charge >= 0.3 is 0 Å². The number of hydrogen-bond acceptors (Lipinski definition) is 8. The van der Waals surface area contributed by atoms with Crippen molar-refractivity contribution in [3.63, 3.8) is 0 Å². The van der Waals surface area contributed by atoms with Crippen LogP contribution in [-0.2, 0) is 18.9 Å². The third kappa shape index (κ3) is 14.7. The zero-order valence-electron chi connectivity index (χ0n) is 20.2. The molecular formula is C20H46O4S4Si2. The van der Waals surface area contributed by atoms with Gasteiger partial charge in [-0.05, 0) is 45.3 Å². The predicted octanol–water partition coefficient (Wildman–Crippen LogP) is 5.89. The molecule has 0 unspecified atom stereocenters. The summed E-state index contributed by atoms with van der Waals surface area (Å²) in [4.78, 5) is 0. The van der Waals surface area contributed by atoms with Crippen LogP contribution in [0.3, 0.4) is 0 Å². The van der Waals surface area contributed by atoms with Crippen molar-refractivity contribution in [2.75, 3.05) is 39.9 Å². The molecule has 0 atom stereocenters. The largest absolute Gasteiger partial charge is 0.358 e.